The second kappa shape index (κ2) is 10.2. The lowest BCUT2D eigenvalue weighted by atomic mass is 9.97. The fourth-order valence-electron chi connectivity index (χ4n) is 4.40. The number of ether oxygens (including phenoxy) is 4. The molecule has 180 valence electrons. The first-order valence-corrected chi connectivity index (χ1v) is 11.3. The van der Waals surface area contributed by atoms with Crippen molar-refractivity contribution in [1.29, 1.82) is 0 Å². The highest BCUT2D eigenvalue weighted by Crippen LogP contribution is 2.41. The Kier molecular flexibility index (Phi) is 7.07. The molecular weight excluding hydrogens is 438 g/mol. The Bertz CT molecular complexity index is 1120. The van der Waals surface area contributed by atoms with E-state index >= 15 is 0 Å². The number of piperidine rings is 1. The number of hydrogen-bond acceptors (Lipinski definition) is 8. The predicted octanol–water partition coefficient (Wildman–Crippen LogP) is 3.80. The normalized spacial score (nSPS) is 19.0. The van der Waals surface area contributed by atoms with E-state index < -0.39 is 0 Å². The van der Waals surface area contributed by atoms with E-state index in [0.717, 1.165) is 19.4 Å². The Morgan fingerprint density at radius 1 is 1.24 bits per heavy atom. The van der Waals surface area contributed by atoms with E-state index in [4.69, 9.17) is 18.9 Å². The molecule has 2 aromatic carbocycles. The summed E-state index contributed by atoms with van der Waals surface area (Å²) in [5, 5.41) is 10.6. The van der Waals surface area contributed by atoms with Gasteiger partial charge in [0.2, 0.25) is 5.78 Å². The summed E-state index contributed by atoms with van der Waals surface area (Å²) in [4.78, 5) is 27.4. The summed E-state index contributed by atoms with van der Waals surface area (Å²) in [6.45, 7) is 3.81. The first kappa shape index (κ1) is 23.6. The van der Waals surface area contributed by atoms with Gasteiger partial charge in [-0.1, -0.05) is 0 Å². The Labute approximate surface area is 198 Å². The van der Waals surface area contributed by atoms with Crippen molar-refractivity contribution in [1.82, 2.24) is 4.90 Å². The molecule has 2 aromatic rings. The zero-order chi connectivity index (χ0) is 24.2. The maximum Gasteiger partial charge on any atom is 0.310 e. The van der Waals surface area contributed by atoms with Crippen molar-refractivity contribution in [3.8, 4) is 23.0 Å². The van der Waals surface area contributed by atoms with Gasteiger partial charge in [-0.3, -0.25) is 14.5 Å². The summed E-state index contributed by atoms with van der Waals surface area (Å²) in [7, 11) is 3.11. The van der Waals surface area contributed by atoms with E-state index in [2.05, 4.69) is 4.90 Å². The van der Waals surface area contributed by atoms with Crippen LogP contribution >= 0.6 is 0 Å². The van der Waals surface area contributed by atoms with Gasteiger partial charge in [-0.25, -0.2) is 0 Å². The van der Waals surface area contributed by atoms with Crippen molar-refractivity contribution in [2.75, 3.05) is 33.9 Å². The SMILES string of the molecule is CCOC(=O)C1CCCN(Cc2c(O)ccc3c2O/C(=C\c2ccc(OC)cc2OC)C3=O)C1. The van der Waals surface area contributed by atoms with Gasteiger partial charge in [-0.2, -0.15) is 0 Å². The Morgan fingerprint density at radius 3 is 2.79 bits per heavy atom. The van der Waals surface area contributed by atoms with Crippen LogP contribution < -0.4 is 14.2 Å². The number of methoxy groups -OCH3 is 2. The summed E-state index contributed by atoms with van der Waals surface area (Å²) in [5.41, 5.74) is 1.59. The molecule has 34 heavy (non-hydrogen) atoms. The molecule has 8 nitrogen and oxygen atoms in total. The zero-order valence-electron chi connectivity index (χ0n) is 19.6. The number of ketones is 1. The van der Waals surface area contributed by atoms with Crippen LogP contribution in [-0.2, 0) is 16.1 Å². The van der Waals surface area contributed by atoms with E-state index in [9.17, 15) is 14.7 Å². The van der Waals surface area contributed by atoms with Gasteiger partial charge in [-0.15, -0.1) is 0 Å². The molecule has 1 fully saturated rings. The Balaban J connectivity index is 1.59. The fourth-order valence-corrected chi connectivity index (χ4v) is 4.40. The minimum absolute atomic E-state index is 0.0492. The summed E-state index contributed by atoms with van der Waals surface area (Å²) in [5.74, 6) is 1.06. The van der Waals surface area contributed by atoms with Crippen molar-refractivity contribution in [2.45, 2.75) is 26.3 Å². The van der Waals surface area contributed by atoms with E-state index in [0.29, 0.717) is 53.6 Å². The topological polar surface area (TPSA) is 94.5 Å². The molecule has 2 aliphatic rings. The molecule has 4 rings (SSSR count). The lowest BCUT2D eigenvalue weighted by Crippen LogP contribution is -2.39. The van der Waals surface area contributed by atoms with Gasteiger partial charge in [0.25, 0.3) is 0 Å². The molecule has 0 aliphatic carbocycles. The number of rotatable bonds is 7. The average Bonchev–Trinajstić information content (AvgIpc) is 3.16. The number of Topliss-reactive ketones (excluding diaryl/α,β-unsaturated/α-hetero) is 1. The smallest absolute Gasteiger partial charge is 0.310 e. The van der Waals surface area contributed by atoms with Crippen LogP contribution in [0.2, 0.25) is 0 Å². The highest BCUT2D eigenvalue weighted by molar-refractivity contribution is 6.15. The van der Waals surface area contributed by atoms with Crippen molar-refractivity contribution in [3.05, 3.63) is 52.8 Å². The average molecular weight is 468 g/mol. The number of carbonyl (C=O) groups is 2. The fraction of sp³-hybridized carbons (Fsp3) is 0.385. The Hall–Kier alpha value is -3.52. The van der Waals surface area contributed by atoms with Gasteiger partial charge < -0.3 is 24.1 Å². The van der Waals surface area contributed by atoms with E-state index in [1.165, 1.54) is 6.07 Å². The molecule has 1 saturated heterocycles. The minimum Gasteiger partial charge on any atom is -0.507 e. The molecule has 2 heterocycles. The Morgan fingerprint density at radius 2 is 2.06 bits per heavy atom. The third-order valence-electron chi connectivity index (χ3n) is 6.15. The van der Waals surface area contributed by atoms with Gasteiger partial charge in [0, 0.05) is 24.7 Å². The molecule has 1 unspecified atom stereocenters. The maximum absolute atomic E-state index is 13.1. The second-order valence-corrected chi connectivity index (χ2v) is 8.31. The van der Waals surface area contributed by atoms with Gasteiger partial charge in [0.1, 0.15) is 23.0 Å². The largest absolute Gasteiger partial charge is 0.507 e. The van der Waals surface area contributed by atoms with Crippen LogP contribution in [0.15, 0.2) is 36.1 Å². The monoisotopic (exact) mass is 467 g/mol. The van der Waals surface area contributed by atoms with Crippen LogP contribution in [-0.4, -0.2) is 55.7 Å². The molecular formula is C26H29NO7. The zero-order valence-corrected chi connectivity index (χ0v) is 19.6. The van der Waals surface area contributed by atoms with E-state index in [1.807, 2.05) is 0 Å². The van der Waals surface area contributed by atoms with Crippen molar-refractivity contribution < 1.29 is 33.6 Å². The molecule has 0 spiro atoms. The van der Waals surface area contributed by atoms with Crippen LogP contribution in [0.4, 0.5) is 0 Å². The number of benzene rings is 2. The van der Waals surface area contributed by atoms with Gasteiger partial charge in [0.15, 0.2) is 5.76 Å². The number of esters is 1. The van der Waals surface area contributed by atoms with Crippen LogP contribution in [0.5, 0.6) is 23.0 Å². The molecule has 0 aromatic heterocycles. The van der Waals surface area contributed by atoms with Crippen molar-refractivity contribution >= 4 is 17.8 Å². The second-order valence-electron chi connectivity index (χ2n) is 8.31. The summed E-state index contributed by atoms with van der Waals surface area (Å²) in [6, 6.07) is 8.37. The molecule has 0 saturated carbocycles. The van der Waals surface area contributed by atoms with E-state index in [1.54, 1.807) is 51.5 Å². The highest BCUT2D eigenvalue weighted by atomic mass is 16.5. The number of phenols is 1. The number of allylic oxidation sites excluding steroid dienone is 1. The van der Waals surface area contributed by atoms with Crippen LogP contribution in [0.1, 0.15) is 41.3 Å². The third kappa shape index (κ3) is 4.72. The number of phenolic OH excluding ortho intramolecular Hbond substituents is 1. The van der Waals surface area contributed by atoms with E-state index in [-0.39, 0.29) is 29.2 Å². The number of carbonyl (C=O) groups excluding carboxylic acids is 2. The summed E-state index contributed by atoms with van der Waals surface area (Å²) >= 11 is 0. The first-order chi connectivity index (χ1) is 16.4. The first-order valence-electron chi connectivity index (χ1n) is 11.3. The lowest BCUT2D eigenvalue weighted by Gasteiger charge is -2.31. The van der Waals surface area contributed by atoms with Crippen LogP contribution in [0.25, 0.3) is 6.08 Å². The van der Waals surface area contributed by atoms with Crippen molar-refractivity contribution in [3.63, 3.8) is 0 Å². The lowest BCUT2D eigenvalue weighted by molar-refractivity contribution is -0.150. The quantitative estimate of drug-likeness (QED) is 0.485. The molecule has 0 amide bonds. The molecule has 8 heteroatoms. The summed E-state index contributed by atoms with van der Waals surface area (Å²) < 4.78 is 21.8. The van der Waals surface area contributed by atoms with Gasteiger partial charge in [-0.05, 0) is 56.7 Å². The number of fused-ring (bicyclic) bond motifs is 1. The number of aromatic hydroxyl groups is 1. The molecule has 2 aliphatic heterocycles. The molecule has 1 atom stereocenters. The third-order valence-corrected chi connectivity index (χ3v) is 6.15. The molecule has 0 radical (unpaired) electrons. The number of likely N-dealkylation sites (tertiary alicyclic amines) is 1. The molecule has 0 bridgehead atoms. The van der Waals surface area contributed by atoms with Crippen LogP contribution in [0.3, 0.4) is 0 Å². The van der Waals surface area contributed by atoms with Gasteiger partial charge in [0.05, 0.1) is 37.9 Å². The standard InChI is InChI=1S/C26H29NO7/c1-4-33-26(30)17-6-5-11-27(14-17)15-20-21(28)10-9-19-24(29)23(34-25(19)20)12-16-7-8-18(31-2)13-22(16)32-3/h7-10,12-13,17,28H,4-6,11,14-15H2,1-3H3/b23-12-. The maximum atomic E-state index is 13.1. The number of hydrogen-bond donors (Lipinski definition) is 1. The van der Waals surface area contributed by atoms with Gasteiger partial charge >= 0.3 is 5.97 Å². The predicted molar refractivity (Wildman–Crippen MR) is 125 cm³/mol. The molecule has 1 N–H and O–H groups in total. The highest BCUT2D eigenvalue weighted by Gasteiger charge is 2.33. The number of nitrogens with zero attached hydrogens (tertiary/aromatic N) is 1. The summed E-state index contributed by atoms with van der Waals surface area (Å²) in [6.07, 6.45) is 3.25. The van der Waals surface area contributed by atoms with Crippen LogP contribution in [0, 0.1) is 5.92 Å². The van der Waals surface area contributed by atoms with Crippen molar-refractivity contribution in [2.24, 2.45) is 5.92 Å². The minimum atomic E-state index is -0.267.